The number of carbonyl (C=O) groups is 2. The number of rotatable bonds is 7. The molecule has 0 N–H and O–H groups in total. The third-order valence-corrected chi connectivity index (χ3v) is 2.70. The van der Waals surface area contributed by atoms with Gasteiger partial charge in [-0.2, -0.15) is 5.26 Å². The van der Waals surface area contributed by atoms with E-state index >= 15 is 0 Å². The first kappa shape index (κ1) is 16.0. The van der Waals surface area contributed by atoms with Crippen molar-refractivity contribution in [2.45, 2.75) is 19.8 Å². The SMILES string of the molecule is CCOC(=O)CCC(=O)COc1cccc(Cl)c1C#N. The molecular formula is C14H14ClNO4. The molecule has 0 aliphatic heterocycles. The van der Waals surface area contributed by atoms with Crippen LogP contribution in [0, 0.1) is 11.3 Å². The molecule has 1 aromatic rings. The zero-order chi connectivity index (χ0) is 15.0. The van der Waals surface area contributed by atoms with E-state index in [1.807, 2.05) is 6.07 Å². The Morgan fingerprint density at radius 3 is 2.75 bits per heavy atom. The summed E-state index contributed by atoms with van der Waals surface area (Å²) in [4.78, 5) is 22.7. The minimum atomic E-state index is -0.415. The number of nitrogens with zero attached hydrogens (tertiary/aromatic N) is 1. The quantitative estimate of drug-likeness (QED) is 0.722. The minimum absolute atomic E-state index is 0.0245. The van der Waals surface area contributed by atoms with E-state index in [0.29, 0.717) is 0 Å². The van der Waals surface area contributed by atoms with Gasteiger partial charge in [0.05, 0.1) is 18.1 Å². The number of carbonyl (C=O) groups excluding carboxylic acids is 2. The lowest BCUT2D eigenvalue weighted by atomic mass is 10.2. The first-order valence-corrected chi connectivity index (χ1v) is 6.45. The molecule has 0 bridgehead atoms. The number of nitriles is 1. The second-order valence-corrected chi connectivity index (χ2v) is 4.26. The summed E-state index contributed by atoms with van der Waals surface area (Å²) in [6.45, 7) is 1.78. The average Bonchev–Trinajstić information content (AvgIpc) is 2.43. The highest BCUT2D eigenvalue weighted by molar-refractivity contribution is 6.31. The van der Waals surface area contributed by atoms with E-state index in [9.17, 15) is 9.59 Å². The Bertz CT molecular complexity index is 536. The molecule has 0 spiro atoms. The van der Waals surface area contributed by atoms with E-state index in [0.717, 1.165) is 0 Å². The van der Waals surface area contributed by atoms with Crippen molar-refractivity contribution in [2.75, 3.05) is 13.2 Å². The van der Waals surface area contributed by atoms with Gasteiger partial charge in [0.1, 0.15) is 24.0 Å². The van der Waals surface area contributed by atoms with E-state index in [4.69, 9.17) is 26.3 Å². The molecule has 20 heavy (non-hydrogen) atoms. The second-order valence-electron chi connectivity index (χ2n) is 3.86. The monoisotopic (exact) mass is 295 g/mol. The van der Waals surface area contributed by atoms with Crippen molar-refractivity contribution >= 4 is 23.4 Å². The van der Waals surface area contributed by atoms with Crippen molar-refractivity contribution in [1.29, 1.82) is 5.26 Å². The minimum Gasteiger partial charge on any atom is -0.484 e. The molecular weight excluding hydrogens is 282 g/mol. The van der Waals surface area contributed by atoms with E-state index in [-0.39, 0.29) is 48.2 Å². The van der Waals surface area contributed by atoms with Crippen LogP contribution >= 0.6 is 11.6 Å². The summed E-state index contributed by atoms with van der Waals surface area (Å²) in [7, 11) is 0. The van der Waals surface area contributed by atoms with Crippen LogP contribution in [0.4, 0.5) is 0 Å². The van der Waals surface area contributed by atoms with Crippen LogP contribution in [0.2, 0.25) is 5.02 Å². The molecule has 0 unspecified atom stereocenters. The molecule has 0 saturated carbocycles. The molecule has 106 valence electrons. The Morgan fingerprint density at radius 1 is 1.35 bits per heavy atom. The number of hydrogen-bond acceptors (Lipinski definition) is 5. The lowest BCUT2D eigenvalue weighted by molar-refractivity contribution is -0.144. The topological polar surface area (TPSA) is 76.4 Å². The van der Waals surface area contributed by atoms with Crippen LogP contribution in [-0.4, -0.2) is 25.0 Å². The highest BCUT2D eigenvalue weighted by atomic mass is 35.5. The molecule has 0 atom stereocenters. The summed E-state index contributed by atoms with van der Waals surface area (Å²) < 4.78 is 9.97. The van der Waals surface area contributed by atoms with E-state index in [1.54, 1.807) is 25.1 Å². The van der Waals surface area contributed by atoms with Crippen molar-refractivity contribution in [3.05, 3.63) is 28.8 Å². The molecule has 0 amide bonds. The maximum atomic E-state index is 11.6. The zero-order valence-corrected chi connectivity index (χ0v) is 11.8. The Labute approximate surface area is 122 Å². The summed E-state index contributed by atoms with van der Waals surface area (Å²) in [5.74, 6) is -0.410. The molecule has 0 aromatic heterocycles. The lowest BCUT2D eigenvalue weighted by Crippen LogP contribution is -2.14. The number of esters is 1. The van der Waals surface area contributed by atoms with E-state index in [2.05, 4.69) is 0 Å². The summed E-state index contributed by atoms with van der Waals surface area (Å²) in [5, 5.41) is 9.21. The zero-order valence-electron chi connectivity index (χ0n) is 11.0. The molecule has 0 aliphatic rings. The summed E-state index contributed by atoms with van der Waals surface area (Å²) >= 11 is 5.83. The predicted octanol–water partition coefficient (Wildman–Crippen LogP) is 2.50. The maximum absolute atomic E-state index is 11.6. The van der Waals surface area contributed by atoms with E-state index in [1.165, 1.54) is 0 Å². The first-order valence-electron chi connectivity index (χ1n) is 6.07. The fourth-order valence-electron chi connectivity index (χ4n) is 1.44. The molecule has 0 saturated heterocycles. The Balaban J connectivity index is 2.48. The second kappa shape index (κ2) is 8.18. The molecule has 6 heteroatoms. The summed E-state index contributed by atoms with van der Waals surface area (Å²) in [6, 6.07) is 6.66. The highest BCUT2D eigenvalue weighted by Gasteiger charge is 2.11. The molecule has 1 rings (SSSR count). The number of halogens is 1. The van der Waals surface area contributed by atoms with Gasteiger partial charge < -0.3 is 9.47 Å². The van der Waals surface area contributed by atoms with Crippen LogP contribution in [0.5, 0.6) is 5.75 Å². The van der Waals surface area contributed by atoms with Gasteiger partial charge in [0.25, 0.3) is 0 Å². The summed E-state index contributed by atoms with van der Waals surface area (Å²) in [6.07, 6.45) is 0.0674. The third kappa shape index (κ3) is 4.90. The summed E-state index contributed by atoms with van der Waals surface area (Å²) in [5.41, 5.74) is 0.187. The Hall–Kier alpha value is -2.06. The lowest BCUT2D eigenvalue weighted by Gasteiger charge is -2.07. The number of ketones is 1. The van der Waals surface area contributed by atoms with Gasteiger partial charge in [0, 0.05) is 6.42 Å². The van der Waals surface area contributed by atoms with Gasteiger partial charge in [-0.1, -0.05) is 17.7 Å². The Kier molecular flexibility index (Phi) is 6.54. The van der Waals surface area contributed by atoms with Gasteiger partial charge in [-0.3, -0.25) is 9.59 Å². The molecule has 5 nitrogen and oxygen atoms in total. The maximum Gasteiger partial charge on any atom is 0.306 e. The van der Waals surface area contributed by atoms with Crippen molar-refractivity contribution in [3.8, 4) is 11.8 Å². The van der Waals surface area contributed by atoms with Gasteiger partial charge in [-0.25, -0.2) is 0 Å². The van der Waals surface area contributed by atoms with Gasteiger partial charge in [0.2, 0.25) is 0 Å². The van der Waals surface area contributed by atoms with Crippen LogP contribution in [0.25, 0.3) is 0 Å². The van der Waals surface area contributed by atoms with Crippen LogP contribution in [-0.2, 0) is 14.3 Å². The van der Waals surface area contributed by atoms with Crippen molar-refractivity contribution < 1.29 is 19.1 Å². The van der Waals surface area contributed by atoms with Crippen molar-refractivity contribution in [1.82, 2.24) is 0 Å². The van der Waals surface area contributed by atoms with Gasteiger partial charge in [-0.15, -0.1) is 0 Å². The molecule has 1 aromatic carbocycles. The van der Waals surface area contributed by atoms with Gasteiger partial charge >= 0.3 is 5.97 Å². The van der Waals surface area contributed by atoms with Crippen molar-refractivity contribution in [2.24, 2.45) is 0 Å². The fourth-order valence-corrected chi connectivity index (χ4v) is 1.65. The van der Waals surface area contributed by atoms with Crippen LogP contribution < -0.4 is 4.74 Å². The molecule has 0 fully saturated rings. The normalized spacial score (nSPS) is 9.65. The Morgan fingerprint density at radius 2 is 2.10 bits per heavy atom. The fraction of sp³-hybridized carbons (Fsp3) is 0.357. The van der Waals surface area contributed by atoms with E-state index < -0.39 is 5.97 Å². The van der Waals surface area contributed by atoms with Crippen LogP contribution in [0.15, 0.2) is 18.2 Å². The third-order valence-electron chi connectivity index (χ3n) is 2.39. The number of Topliss-reactive ketones (excluding diaryl/α,β-unsaturated/α-hetero) is 1. The number of ether oxygens (including phenoxy) is 2. The van der Waals surface area contributed by atoms with Crippen molar-refractivity contribution in [3.63, 3.8) is 0 Å². The largest absolute Gasteiger partial charge is 0.484 e. The highest BCUT2D eigenvalue weighted by Crippen LogP contribution is 2.25. The standard InChI is InChI=1S/C14H14ClNO4/c1-2-19-14(18)7-6-10(17)9-20-13-5-3-4-12(15)11(13)8-16/h3-5H,2,6-7,9H2,1H3. The van der Waals surface area contributed by atoms with Gasteiger partial charge in [0.15, 0.2) is 5.78 Å². The first-order chi connectivity index (χ1) is 9.58. The van der Waals surface area contributed by atoms with Gasteiger partial charge in [-0.05, 0) is 19.1 Å². The molecule has 0 heterocycles. The van der Waals surface area contributed by atoms with Crippen LogP contribution in [0.1, 0.15) is 25.3 Å². The number of benzene rings is 1. The average molecular weight is 296 g/mol. The molecule has 0 radical (unpaired) electrons. The van der Waals surface area contributed by atoms with Crippen LogP contribution in [0.3, 0.4) is 0 Å². The number of hydrogen-bond donors (Lipinski definition) is 0. The smallest absolute Gasteiger partial charge is 0.306 e. The molecule has 0 aliphatic carbocycles. The predicted molar refractivity (Wildman–Crippen MR) is 72.5 cm³/mol.